The van der Waals surface area contributed by atoms with E-state index in [4.69, 9.17) is 27.8 Å². The summed E-state index contributed by atoms with van der Waals surface area (Å²) < 4.78 is 35.2. The van der Waals surface area contributed by atoms with Gasteiger partial charge in [0.1, 0.15) is 0 Å². The number of anilines is 1. The normalized spacial score (nSPS) is 15.6. The lowest BCUT2D eigenvalue weighted by Gasteiger charge is -2.30. The fourth-order valence-corrected chi connectivity index (χ4v) is 3.67. The van der Waals surface area contributed by atoms with Crippen LogP contribution in [0.4, 0.5) is 5.69 Å². The molecule has 1 aliphatic rings. The second-order valence-corrected chi connectivity index (χ2v) is 8.30. The number of hydrogen-bond acceptors (Lipinski definition) is 5. The van der Waals surface area contributed by atoms with Crippen molar-refractivity contribution in [3.63, 3.8) is 0 Å². The zero-order valence-electron chi connectivity index (χ0n) is 13.4. The van der Waals surface area contributed by atoms with Crippen LogP contribution in [0.15, 0.2) is 46.0 Å². The zero-order chi connectivity index (χ0) is 19.8. The number of rotatable bonds is 3. The van der Waals surface area contributed by atoms with Crippen molar-refractivity contribution in [1.82, 2.24) is 0 Å². The topological polar surface area (TPSA) is 96.3 Å². The van der Waals surface area contributed by atoms with Gasteiger partial charge in [-0.15, -0.1) is 0 Å². The van der Waals surface area contributed by atoms with Crippen LogP contribution in [0.3, 0.4) is 0 Å². The largest absolute Gasteiger partial charge is 0.466 e. The fourth-order valence-electron chi connectivity index (χ4n) is 2.65. The Bertz CT molecular complexity index is 1060. The average molecular weight is 494 g/mol. The second kappa shape index (κ2) is 7.76. The molecule has 0 aliphatic carbocycles. The molecule has 3 rings (SSSR count). The summed E-state index contributed by atoms with van der Waals surface area (Å²) in [4.78, 5) is 14.5. The lowest BCUT2D eigenvalue weighted by atomic mass is 9.99. The van der Waals surface area contributed by atoms with Crippen molar-refractivity contribution >= 4 is 66.8 Å². The fraction of sp³-hybridized carbons (Fsp3) is 0.125. The van der Waals surface area contributed by atoms with Crippen LogP contribution in [-0.2, 0) is 14.7 Å². The second-order valence-electron chi connectivity index (χ2n) is 5.53. The van der Waals surface area contributed by atoms with E-state index in [0.717, 1.165) is 0 Å². The number of fused-ring (bicyclic) bond motifs is 1. The summed E-state index contributed by atoms with van der Waals surface area (Å²) in [5.74, 6) is -0.342. The summed E-state index contributed by atoms with van der Waals surface area (Å²) in [6.07, 6.45) is 0.209. The summed E-state index contributed by atoms with van der Waals surface area (Å²) in [5, 5.41) is 4.14. The Morgan fingerprint density at radius 1 is 1.22 bits per heavy atom. The molecule has 1 N–H and O–H groups in total. The summed E-state index contributed by atoms with van der Waals surface area (Å²) in [6.45, 7) is 0.203. The van der Waals surface area contributed by atoms with E-state index in [9.17, 15) is 13.2 Å². The van der Waals surface area contributed by atoms with Crippen molar-refractivity contribution in [2.75, 3.05) is 11.4 Å². The number of carbonyl (C=O) groups is 1. The Morgan fingerprint density at radius 3 is 2.63 bits per heavy atom. The highest BCUT2D eigenvalue weighted by Crippen LogP contribution is 2.33. The molecule has 2 aromatic carbocycles. The maximum absolute atomic E-state index is 13.0. The Morgan fingerprint density at radius 2 is 1.96 bits per heavy atom. The molecule has 0 fully saturated rings. The molecular formula is C16H11BrCl2N2O5S. The number of amides is 1. The Labute approximate surface area is 173 Å². The predicted octanol–water partition coefficient (Wildman–Crippen LogP) is 4.33. The van der Waals surface area contributed by atoms with Crippen LogP contribution < -0.4 is 4.90 Å². The molecule has 142 valence electrons. The van der Waals surface area contributed by atoms with Gasteiger partial charge in [-0.05, 0) is 36.4 Å². The van der Waals surface area contributed by atoms with Gasteiger partial charge in [-0.2, -0.15) is 8.42 Å². The van der Waals surface area contributed by atoms with E-state index in [0.29, 0.717) is 20.7 Å². The lowest BCUT2D eigenvalue weighted by molar-refractivity contribution is 0.0987. The molecule has 0 saturated carbocycles. The maximum atomic E-state index is 13.0. The minimum Gasteiger partial charge on any atom is -0.307 e. The van der Waals surface area contributed by atoms with Gasteiger partial charge in [0.2, 0.25) is 0 Å². The van der Waals surface area contributed by atoms with Crippen molar-refractivity contribution in [3.05, 3.63) is 62.0 Å². The molecule has 1 aliphatic heterocycles. The third-order valence-electron chi connectivity index (χ3n) is 3.78. The van der Waals surface area contributed by atoms with Gasteiger partial charge in [0.25, 0.3) is 5.91 Å². The quantitative estimate of drug-likeness (QED) is 0.507. The van der Waals surface area contributed by atoms with Gasteiger partial charge in [-0.25, -0.2) is 4.28 Å². The van der Waals surface area contributed by atoms with E-state index in [1.807, 2.05) is 0 Å². The first kappa shape index (κ1) is 20.1. The Balaban J connectivity index is 2.03. The minimum atomic E-state index is -4.72. The number of benzene rings is 2. The third kappa shape index (κ3) is 4.61. The van der Waals surface area contributed by atoms with Gasteiger partial charge < -0.3 is 4.90 Å². The minimum absolute atomic E-state index is 0.203. The van der Waals surface area contributed by atoms with Crippen molar-refractivity contribution < 1.29 is 22.0 Å². The van der Waals surface area contributed by atoms with Crippen LogP contribution in [0.2, 0.25) is 10.0 Å². The Kier molecular flexibility index (Phi) is 5.78. The van der Waals surface area contributed by atoms with E-state index < -0.39 is 10.4 Å². The first-order chi connectivity index (χ1) is 12.7. The monoisotopic (exact) mass is 492 g/mol. The van der Waals surface area contributed by atoms with Gasteiger partial charge in [-0.1, -0.05) is 44.3 Å². The van der Waals surface area contributed by atoms with Gasteiger partial charge in [0.05, 0.1) is 22.0 Å². The molecule has 1 amide bonds. The third-order valence-corrected chi connectivity index (χ3v) is 5.09. The summed E-state index contributed by atoms with van der Waals surface area (Å²) in [7, 11) is -4.72. The molecule has 0 bridgehead atoms. The van der Waals surface area contributed by atoms with Crippen LogP contribution in [-0.4, -0.2) is 31.1 Å². The molecular weight excluding hydrogens is 483 g/mol. The molecule has 1 heterocycles. The molecule has 7 nitrogen and oxygen atoms in total. The molecule has 2 aromatic rings. The van der Waals surface area contributed by atoms with E-state index in [1.54, 1.807) is 24.3 Å². The van der Waals surface area contributed by atoms with E-state index in [1.165, 1.54) is 17.0 Å². The van der Waals surface area contributed by atoms with Crippen LogP contribution in [0.1, 0.15) is 22.3 Å². The Hall–Kier alpha value is -1.65. The highest BCUT2D eigenvalue weighted by molar-refractivity contribution is 9.10. The van der Waals surface area contributed by atoms with E-state index >= 15 is 0 Å². The van der Waals surface area contributed by atoms with Crippen molar-refractivity contribution in [3.8, 4) is 0 Å². The molecule has 0 spiro atoms. The average Bonchev–Trinajstić information content (AvgIpc) is 2.58. The lowest BCUT2D eigenvalue weighted by Crippen LogP contribution is -2.38. The molecule has 0 radical (unpaired) electrons. The van der Waals surface area contributed by atoms with Crippen LogP contribution in [0, 0.1) is 0 Å². The van der Waals surface area contributed by atoms with Crippen LogP contribution >= 0.6 is 39.1 Å². The maximum Gasteiger partial charge on any atom is 0.466 e. The van der Waals surface area contributed by atoms with Crippen LogP contribution in [0.25, 0.3) is 0 Å². The number of nitrogens with zero attached hydrogens (tertiary/aromatic N) is 2. The standard InChI is InChI=1S/C16H11BrCl2N2O5S/c17-9-1-3-12-14(20-26-27(23,24)25)5-6-21(15(12)7-9)16(22)11-4-2-10(18)8-13(11)19/h1-4,7-8H,5-6H2,(H,23,24,25)/b20-14-. The number of hydrogen-bond donors (Lipinski definition) is 1. The zero-order valence-corrected chi connectivity index (χ0v) is 17.3. The number of oxime groups is 1. The van der Waals surface area contributed by atoms with Crippen molar-refractivity contribution in [2.45, 2.75) is 6.42 Å². The highest BCUT2D eigenvalue weighted by atomic mass is 79.9. The molecule has 0 saturated heterocycles. The van der Waals surface area contributed by atoms with Gasteiger partial charge >= 0.3 is 10.4 Å². The van der Waals surface area contributed by atoms with Gasteiger partial charge in [0, 0.05) is 28.0 Å². The SMILES string of the molecule is O=C(c1ccc(Cl)cc1Cl)N1CC/C(=N/OS(=O)(=O)O)c2ccc(Br)cc21. The van der Waals surface area contributed by atoms with Crippen molar-refractivity contribution in [1.29, 1.82) is 0 Å². The number of carbonyl (C=O) groups excluding carboxylic acids is 1. The van der Waals surface area contributed by atoms with Crippen LogP contribution in [0.5, 0.6) is 0 Å². The molecule has 0 unspecified atom stereocenters. The molecule has 0 atom stereocenters. The van der Waals surface area contributed by atoms with Gasteiger partial charge in [-0.3, -0.25) is 9.35 Å². The van der Waals surface area contributed by atoms with E-state index in [-0.39, 0.29) is 35.2 Å². The molecule has 27 heavy (non-hydrogen) atoms. The molecule has 11 heteroatoms. The van der Waals surface area contributed by atoms with Crippen molar-refractivity contribution in [2.24, 2.45) is 5.16 Å². The van der Waals surface area contributed by atoms with Gasteiger partial charge in [0.15, 0.2) is 0 Å². The summed E-state index contributed by atoms with van der Waals surface area (Å²) in [5.41, 5.74) is 1.54. The summed E-state index contributed by atoms with van der Waals surface area (Å²) in [6, 6.07) is 9.66. The first-order valence-electron chi connectivity index (χ1n) is 7.45. The van der Waals surface area contributed by atoms with E-state index in [2.05, 4.69) is 25.4 Å². The molecule has 0 aromatic heterocycles. The smallest absolute Gasteiger partial charge is 0.307 e. The highest BCUT2D eigenvalue weighted by Gasteiger charge is 2.29. The number of halogens is 3. The first-order valence-corrected chi connectivity index (χ1v) is 10.4. The predicted molar refractivity (Wildman–Crippen MR) is 106 cm³/mol. The summed E-state index contributed by atoms with van der Waals surface area (Å²) >= 11 is 15.4.